The van der Waals surface area contributed by atoms with Gasteiger partial charge in [0.05, 0.1) is 12.3 Å². The Balaban J connectivity index is 2.17. The monoisotopic (exact) mass is 253 g/mol. The Morgan fingerprint density at radius 3 is 2.59 bits per heavy atom. The predicted octanol–water partition coefficient (Wildman–Crippen LogP) is 3.52. The van der Waals surface area contributed by atoms with Crippen molar-refractivity contribution in [2.24, 2.45) is 0 Å². The lowest BCUT2D eigenvalue weighted by atomic mass is 10.2. The maximum atomic E-state index is 5.84. The second-order valence-corrected chi connectivity index (χ2v) is 6.01. The topological polar surface area (TPSA) is 31.4 Å². The van der Waals surface area contributed by atoms with Gasteiger partial charge in [-0.05, 0) is 39.9 Å². The normalized spacial score (nSPS) is 15.8. The first-order chi connectivity index (χ1) is 7.98. The van der Waals surface area contributed by atoms with Gasteiger partial charge in [-0.3, -0.25) is 0 Å². The highest BCUT2D eigenvalue weighted by Gasteiger charge is 2.25. The molecule has 0 saturated heterocycles. The maximum absolute atomic E-state index is 5.84. The second kappa shape index (κ2) is 4.77. The van der Waals surface area contributed by atoms with Gasteiger partial charge < -0.3 is 9.47 Å². The molecule has 0 amide bonds. The van der Waals surface area contributed by atoms with Crippen molar-refractivity contribution in [1.29, 1.82) is 0 Å². The molecule has 0 N–H and O–H groups in total. The Hall–Kier alpha value is -0.900. The van der Waals surface area contributed by atoms with Crippen LogP contribution in [0.5, 0.6) is 11.5 Å². The van der Waals surface area contributed by atoms with E-state index in [0.717, 1.165) is 29.4 Å². The zero-order valence-corrected chi connectivity index (χ0v) is 11.6. The Morgan fingerprint density at radius 2 is 2.06 bits per heavy atom. The summed E-state index contributed by atoms with van der Waals surface area (Å²) >= 11 is 1.60. The summed E-state index contributed by atoms with van der Waals surface area (Å²) in [5, 5.41) is 0.929. The molecule has 1 aliphatic carbocycles. The molecule has 2 rings (SSSR count). The van der Waals surface area contributed by atoms with Crippen LogP contribution in [0.1, 0.15) is 33.6 Å². The lowest BCUT2D eigenvalue weighted by Gasteiger charge is -2.21. The van der Waals surface area contributed by atoms with Crippen LogP contribution in [0.2, 0.25) is 0 Å². The Bertz CT molecular complexity index is 397. The summed E-state index contributed by atoms with van der Waals surface area (Å²) in [6, 6.07) is 1.95. The van der Waals surface area contributed by atoms with Crippen molar-refractivity contribution >= 4 is 11.8 Å². The van der Waals surface area contributed by atoms with Gasteiger partial charge in [0.15, 0.2) is 5.75 Å². The minimum Gasteiger partial charge on any atom is -0.487 e. The summed E-state index contributed by atoms with van der Waals surface area (Å²) in [7, 11) is 0. The molecular weight excluding hydrogens is 234 g/mol. The quantitative estimate of drug-likeness (QED) is 0.768. The van der Waals surface area contributed by atoms with E-state index in [0.29, 0.717) is 6.10 Å². The number of hydrogen-bond donors (Lipinski definition) is 0. The van der Waals surface area contributed by atoms with Crippen LogP contribution in [-0.4, -0.2) is 22.9 Å². The number of pyridine rings is 1. The highest BCUT2D eigenvalue weighted by atomic mass is 32.2. The third-order valence-corrected chi connectivity index (χ3v) is 2.92. The number of nitrogens with zero attached hydrogens (tertiary/aromatic N) is 1. The van der Waals surface area contributed by atoms with Crippen molar-refractivity contribution in [3.8, 4) is 11.5 Å². The molecule has 17 heavy (non-hydrogen) atoms. The van der Waals surface area contributed by atoms with Crippen molar-refractivity contribution in [2.45, 2.75) is 50.3 Å². The van der Waals surface area contributed by atoms with Gasteiger partial charge >= 0.3 is 0 Å². The van der Waals surface area contributed by atoms with Crippen LogP contribution in [-0.2, 0) is 0 Å². The molecule has 3 nitrogen and oxygen atoms in total. The highest BCUT2D eigenvalue weighted by molar-refractivity contribution is 7.98. The number of ether oxygens (including phenoxy) is 2. The summed E-state index contributed by atoms with van der Waals surface area (Å²) in [4.78, 5) is 4.38. The van der Waals surface area contributed by atoms with Crippen molar-refractivity contribution in [3.63, 3.8) is 0 Å². The largest absolute Gasteiger partial charge is 0.487 e. The first kappa shape index (κ1) is 12.6. The van der Waals surface area contributed by atoms with Crippen LogP contribution in [0.4, 0.5) is 0 Å². The lowest BCUT2D eigenvalue weighted by molar-refractivity contribution is 0.129. The SMILES string of the molecule is CSc1ncc(OC(C)(C)C)cc1OC1CC1. The van der Waals surface area contributed by atoms with Gasteiger partial charge in [-0.25, -0.2) is 4.98 Å². The molecule has 1 heterocycles. The van der Waals surface area contributed by atoms with Gasteiger partial charge in [-0.1, -0.05) is 0 Å². The molecule has 1 aromatic rings. The average molecular weight is 253 g/mol. The van der Waals surface area contributed by atoms with Crippen molar-refractivity contribution < 1.29 is 9.47 Å². The van der Waals surface area contributed by atoms with Gasteiger partial charge in [0.25, 0.3) is 0 Å². The van der Waals surface area contributed by atoms with Crippen LogP contribution in [0.15, 0.2) is 17.3 Å². The summed E-state index contributed by atoms with van der Waals surface area (Å²) in [6.45, 7) is 6.07. The van der Waals surface area contributed by atoms with E-state index in [9.17, 15) is 0 Å². The summed E-state index contributed by atoms with van der Waals surface area (Å²) in [6.07, 6.45) is 6.45. The summed E-state index contributed by atoms with van der Waals surface area (Å²) in [5.41, 5.74) is -0.209. The zero-order chi connectivity index (χ0) is 12.5. The smallest absolute Gasteiger partial charge is 0.155 e. The van der Waals surface area contributed by atoms with Gasteiger partial charge in [0, 0.05) is 6.07 Å². The number of rotatable bonds is 4. The van der Waals surface area contributed by atoms with Gasteiger partial charge in [0.1, 0.15) is 16.4 Å². The molecule has 1 aliphatic rings. The fourth-order valence-corrected chi connectivity index (χ4v) is 1.89. The van der Waals surface area contributed by atoms with E-state index in [1.54, 1.807) is 18.0 Å². The molecule has 1 fully saturated rings. The molecule has 1 saturated carbocycles. The van der Waals surface area contributed by atoms with Crippen LogP contribution >= 0.6 is 11.8 Å². The van der Waals surface area contributed by atoms with E-state index < -0.39 is 0 Å². The van der Waals surface area contributed by atoms with E-state index in [4.69, 9.17) is 9.47 Å². The van der Waals surface area contributed by atoms with Crippen LogP contribution in [0, 0.1) is 0 Å². The van der Waals surface area contributed by atoms with E-state index in [1.807, 2.05) is 33.1 Å². The van der Waals surface area contributed by atoms with Gasteiger partial charge in [-0.15, -0.1) is 11.8 Å². The van der Waals surface area contributed by atoms with E-state index in [2.05, 4.69) is 4.98 Å². The first-order valence-corrected chi connectivity index (χ1v) is 7.10. The minimum absolute atomic E-state index is 0.209. The minimum atomic E-state index is -0.209. The average Bonchev–Trinajstić information content (AvgIpc) is 3.00. The van der Waals surface area contributed by atoms with Crippen molar-refractivity contribution in [3.05, 3.63) is 12.3 Å². The predicted molar refractivity (Wildman–Crippen MR) is 70.0 cm³/mol. The number of thioether (sulfide) groups is 1. The van der Waals surface area contributed by atoms with Gasteiger partial charge in [0.2, 0.25) is 0 Å². The molecule has 94 valence electrons. The Labute approximate surface area is 107 Å². The maximum Gasteiger partial charge on any atom is 0.155 e. The third-order valence-electron chi connectivity index (χ3n) is 2.23. The van der Waals surface area contributed by atoms with Gasteiger partial charge in [-0.2, -0.15) is 0 Å². The molecule has 1 aromatic heterocycles. The molecule has 0 atom stereocenters. The fraction of sp³-hybridized carbons (Fsp3) is 0.615. The second-order valence-electron chi connectivity index (χ2n) is 5.21. The molecular formula is C13H19NO2S. The zero-order valence-electron chi connectivity index (χ0n) is 10.8. The Kier molecular flexibility index (Phi) is 3.52. The standard InChI is InChI=1S/C13H19NO2S/c1-13(2,3)16-10-7-11(15-9-5-6-9)12(17-4)14-8-10/h7-9H,5-6H2,1-4H3. The summed E-state index contributed by atoms with van der Waals surface area (Å²) in [5.74, 6) is 1.62. The van der Waals surface area contributed by atoms with E-state index in [-0.39, 0.29) is 5.60 Å². The molecule has 0 aliphatic heterocycles. The number of hydrogen-bond acceptors (Lipinski definition) is 4. The molecule has 4 heteroatoms. The Morgan fingerprint density at radius 1 is 1.35 bits per heavy atom. The third kappa shape index (κ3) is 3.80. The van der Waals surface area contributed by atoms with Crippen LogP contribution in [0.25, 0.3) is 0 Å². The molecule has 0 aromatic carbocycles. The lowest BCUT2D eigenvalue weighted by Crippen LogP contribution is -2.23. The fourth-order valence-electron chi connectivity index (χ4n) is 1.43. The molecule has 0 unspecified atom stereocenters. The summed E-state index contributed by atoms with van der Waals surface area (Å²) < 4.78 is 11.6. The highest BCUT2D eigenvalue weighted by Crippen LogP contribution is 2.35. The number of aromatic nitrogens is 1. The van der Waals surface area contributed by atoms with E-state index >= 15 is 0 Å². The van der Waals surface area contributed by atoms with Crippen LogP contribution < -0.4 is 9.47 Å². The molecule has 0 radical (unpaired) electrons. The van der Waals surface area contributed by atoms with Crippen molar-refractivity contribution in [1.82, 2.24) is 4.98 Å². The molecule has 0 spiro atoms. The molecule has 0 bridgehead atoms. The van der Waals surface area contributed by atoms with Crippen molar-refractivity contribution in [2.75, 3.05) is 6.26 Å². The van der Waals surface area contributed by atoms with Crippen LogP contribution in [0.3, 0.4) is 0 Å². The van der Waals surface area contributed by atoms with E-state index in [1.165, 1.54) is 0 Å². The first-order valence-electron chi connectivity index (χ1n) is 5.87.